The minimum atomic E-state index is 0.594. The summed E-state index contributed by atoms with van der Waals surface area (Å²) in [6.07, 6.45) is 1.70. The zero-order valence-electron chi connectivity index (χ0n) is 9.68. The molecule has 0 spiro atoms. The molecule has 0 aliphatic heterocycles. The molecule has 0 aliphatic rings. The Morgan fingerprint density at radius 2 is 2.12 bits per heavy atom. The van der Waals surface area contributed by atoms with Gasteiger partial charge in [-0.1, -0.05) is 18.2 Å². The summed E-state index contributed by atoms with van der Waals surface area (Å²) in [5.74, 6) is 0.594. The van der Waals surface area contributed by atoms with E-state index < -0.39 is 0 Å². The number of aromatic nitrogens is 1. The van der Waals surface area contributed by atoms with Crippen molar-refractivity contribution in [2.75, 3.05) is 18.2 Å². The largest absolute Gasteiger partial charge is 0.481 e. The van der Waals surface area contributed by atoms with E-state index in [9.17, 15) is 0 Å². The van der Waals surface area contributed by atoms with E-state index in [-0.39, 0.29) is 0 Å². The van der Waals surface area contributed by atoms with Crippen molar-refractivity contribution in [2.24, 2.45) is 0 Å². The average Bonchev–Trinajstić information content (AvgIpc) is 2.38. The lowest BCUT2D eigenvalue weighted by atomic mass is 10.2. The van der Waals surface area contributed by atoms with Crippen molar-refractivity contribution in [3.63, 3.8) is 0 Å². The van der Waals surface area contributed by atoms with Crippen LogP contribution < -0.4 is 15.8 Å². The number of nitrogens with zero attached hydrogens (tertiary/aromatic N) is 1. The fourth-order valence-electron chi connectivity index (χ4n) is 1.52. The van der Waals surface area contributed by atoms with Crippen LogP contribution in [0.3, 0.4) is 0 Å². The maximum absolute atomic E-state index is 5.86. The van der Waals surface area contributed by atoms with Crippen molar-refractivity contribution in [3.8, 4) is 5.88 Å². The molecule has 1 aromatic carbocycles. The number of nitrogens with two attached hydrogens (primary N) is 1. The molecule has 0 aliphatic carbocycles. The van der Waals surface area contributed by atoms with Gasteiger partial charge in [0.05, 0.1) is 7.11 Å². The summed E-state index contributed by atoms with van der Waals surface area (Å²) in [6, 6.07) is 11.5. The topological polar surface area (TPSA) is 60.2 Å². The lowest BCUT2D eigenvalue weighted by Crippen LogP contribution is -2.03. The Morgan fingerprint density at radius 3 is 2.88 bits per heavy atom. The SMILES string of the molecule is COc1cc(NCc2ccccc2N)ccn1. The minimum absolute atomic E-state index is 0.594. The zero-order valence-corrected chi connectivity index (χ0v) is 9.68. The summed E-state index contributed by atoms with van der Waals surface area (Å²) in [5, 5.41) is 3.28. The number of methoxy groups -OCH3 is 1. The van der Waals surface area contributed by atoms with Gasteiger partial charge in [0, 0.05) is 30.2 Å². The van der Waals surface area contributed by atoms with E-state index in [0.717, 1.165) is 16.9 Å². The Hall–Kier alpha value is -2.23. The molecule has 0 saturated carbocycles. The highest BCUT2D eigenvalue weighted by Crippen LogP contribution is 2.16. The lowest BCUT2D eigenvalue weighted by molar-refractivity contribution is 0.398. The highest BCUT2D eigenvalue weighted by Gasteiger charge is 1.99. The molecule has 4 nitrogen and oxygen atoms in total. The predicted molar refractivity (Wildman–Crippen MR) is 69.0 cm³/mol. The zero-order chi connectivity index (χ0) is 12.1. The summed E-state index contributed by atoms with van der Waals surface area (Å²) in [5.41, 5.74) is 8.69. The molecule has 0 saturated heterocycles. The third-order valence-electron chi connectivity index (χ3n) is 2.48. The summed E-state index contributed by atoms with van der Waals surface area (Å²) in [7, 11) is 1.60. The van der Waals surface area contributed by atoms with E-state index in [4.69, 9.17) is 10.5 Å². The fourth-order valence-corrected chi connectivity index (χ4v) is 1.52. The molecule has 0 amide bonds. The second-order valence-electron chi connectivity index (χ2n) is 3.64. The van der Waals surface area contributed by atoms with Gasteiger partial charge in [0.2, 0.25) is 5.88 Å². The molecule has 1 heterocycles. The minimum Gasteiger partial charge on any atom is -0.481 e. The van der Waals surface area contributed by atoms with Crippen LogP contribution in [0.25, 0.3) is 0 Å². The monoisotopic (exact) mass is 229 g/mol. The highest BCUT2D eigenvalue weighted by atomic mass is 16.5. The molecular formula is C13H15N3O. The fraction of sp³-hybridized carbons (Fsp3) is 0.154. The number of rotatable bonds is 4. The molecule has 1 aromatic heterocycles. The lowest BCUT2D eigenvalue weighted by Gasteiger charge is -2.09. The van der Waals surface area contributed by atoms with E-state index >= 15 is 0 Å². The first-order valence-electron chi connectivity index (χ1n) is 5.37. The van der Waals surface area contributed by atoms with Crippen LogP contribution in [0.1, 0.15) is 5.56 Å². The molecule has 0 atom stereocenters. The maximum atomic E-state index is 5.86. The Morgan fingerprint density at radius 1 is 1.29 bits per heavy atom. The second kappa shape index (κ2) is 5.21. The number of para-hydroxylation sites is 1. The number of hydrogen-bond acceptors (Lipinski definition) is 4. The standard InChI is InChI=1S/C13H15N3O/c1-17-13-8-11(6-7-15-13)16-9-10-4-2-3-5-12(10)14/h2-8H,9,14H2,1H3,(H,15,16). The maximum Gasteiger partial charge on any atom is 0.214 e. The van der Waals surface area contributed by atoms with Crippen molar-refractivity contribution in [1.82, 2.24) is 4.98 Å². The van der Waals surface area contributed by atoms with Gasteiger partial charge in [-0.05, 0) is 17.7 Å². The smallest absolute Gasteiger partial charge is 0.214 e. The molecule has 0 fully saturated rings. The van der Waals surface area contributed by atoms with E-state index in [0.29, 0.717) is 12.4 Å². The molecule has 0 bridgehead atoms. The number of nitrogen functional groups attached to an aromatic ring is 1. The van der Waals surface area contributed by atoms with Gasteiger partial charge in [0.15, 0.2) is 0 Å². The van der Waals surface area contributed by atoms with Gasteiger partial charge < -0.3 is 15.8 Å². The van der Waals surface area contributed by atoms with Crippen LogP contribution in [-0.4, -0.2) is 12.1 Å². The van der Waals surface area contributed by atoms with Gasteiger partial charge in [-0.15, -0.1) is 0 Å². The quantitative estimate of drug-likeness (QED) is 0.790. The molecule has 17 heavy (non-hydrogen) atoms. The summed E-state index contributed by atoms with van der Waals surface area (Å²) >= 11 is 0. The molecule has 4 heteroatoms. The first-order valence-corrected chi connectivity index (χ1v) is 5.37. The number of benzene rings is 1. The van der Waals surface area contributed by atoms with Crippen LogP contribution in [0.2, 0.25) is 0 Å². The first kappa shape index (κ1) is 11.3. The van der Waals surface area contributed by atoms with Crippen LogP contribution in [-0.2, 0) is 6.54 Å². The van der Waals surface area contributed by atoms with Crippen LogP contribution in [0.4, 0.5) is 11.4 Å². The molecule has 2 aromatic rings. The summed E-state index contributed by atoms with van der Waals surface area (Å²) < 4.78 is 5.05. The van der Waals surface area contributed by atoms with E-state index in [1.807, 2.05) is 36.4 Å². The van der Waals surface area contributed by atoms with Crippen molar-refractivity contribution in [1.29, 1.82) is 0 Å². The van der Waals surface area contributed by atoms with Crippen molar-refractivity contribution in [3.05, 3.63) is 48.2 Å². The number of ether oxygens (including phenoxy) is 1. The van der Waals surface area contributed by atoms with Crippen molar-refractivity contribution < 1.29 is 4.74 Å². The van der Waals surface area contributed by atoms with Crippen molar-refractivity contribution >= 4 is 11.4 Å². The molecule has 0 unspecified atom stereocenters. The summed E-state index contributed by atoms with van der Waals surface area (Å²) in [4.78, 5) is 4.04. The number of hydrogen-bond donors (Lipinski definition) is 2. The van der Waals surface area contributed by atoms with E-state index in [2.05, 4.69) is 10.3 Å². The van der Waals surface area contributed by atoms with Crippen molar-refractivity contribution in [2.45, 2.75) is 6.54 Å². The van der Waals surface area contributed by atoms with E-state index in [1.165, 1.54) is 0 Å². The molecule has 2 rings (SSSR count). The highest BCUT2D eigenvalue weighted by molar-refractivity contribution is 5.50. The molecular weight excluding hydrogens is 214 g/mol. The third-order valence-corrected chi connectivity index (χ3v) is 2.48. The van der Waals surface area contributed by atoms with Gasteiger partial charge in [-0.25, -0.2) is 4.98 Å². The molecule has 3 N–H and O–H groups in total. The third kappa shape index (κ3) is 2.87. The number of nitrogens with one attached hydrogen (secondary N) is 1. The van der Waals surface area contributed by atoms with Crippen LogP contribution >= 0.6 is 0 Å². The Balaban J connectivity index is 2.05. The Labute approximate surface area is 100 Å². The summed E-state index contributed by atoms with van der Waals surface area (Å²) in [6.45, 7) is 0.680. The normalized spacial score (nSPS) is 9.94. The first-order chi connectivity index (χ1) is 8.29. The molecule has 88 valence electrons. The van der Waals surface area contributed by atoms with Gasteiger partial charge >= 0.3 is 0 Å². The van der Waals surface area contributed by atoms with Crippen LogP contribution in [0.5, 0.6) is 5.88 Å². The predicted octanol–water partition coefficient (Wildman–Crippen LogP) is 2.28. The van der Waals surface area contributed by atoms with E-state index in [1.54, 1.807) is 13.3 Å². The van der Waals surface area contributed by atoms with Crippen LogP contribution in [0, 0.1) is 0 Å². The second-order valence-corrected chi connectivity index (χ2v) is 3.64. The van der Waals surface area contributed by atoms with Crippen LogP contribution in [0.15, 0.2) is 42.6 Å². The number of anilines is 2. The number of pyridine rings is 1. The van der Waals surface area contributed by atoms with Gasteiger partial charge in [0.25, 0.3) is 0 Å². The van der Waals surface area contributed by atoms with Gasteiger partial charge in [0.1, 0.15) is 0 Å². The molecule has 0 radical (unpaired) electrons. The average molecular weight is 229 g/mol. The Kier molecular flexibility index (Phi) is 3.45. The van der Waals surface area contributed by atoms with Gasteiger partial charge in [-0.3, -0.25) is 0 Å². The Bertz CT molecular complexity index is 500. The van der Waals surface area contributed by atoms with Gasteiger partial charge in [-0.2, -0.15) is 0 Å².